The second kappa shape index (κ2) is 5.48. The molecule has 2 atom stereocenters. The Balaban J connectivity index is 2.12. The summed E-state index contributed by atoms with van der Waals surface area (Å²) >= 11 is 0. The molecule has 6 nitrogen and oxygen atoms in total. The van der Waals surface area contributed by atoms with Gasteiger partial charge < -0.3 is 9.15 Å². The molecule has 1 aliphatic heterocycles. The average Bonchev–Trinajstić information content (AvgIpc) is 3.16. The molecule has 112 valence electrons. The van der Waals surface area contributed by atoms with Crippen LogP contribution in [0.1, 0.15) is 17.2 Å². The number of ether oxygens (including phenoxy) is 1. The lowest BCUT2D eigenvalue weighted by molar-refractivity contribution is -0.487. The molecule has 0 amide bonds. The van der Waals surface area contributed by atoms with Gasteiger partial charge in [0.05, 0.1) is 12.2 Å². The Morgan fingerprint density at radius 2 is 1.95 bits per heavy atom. The van der Waals surface area contributed by atoms with Crippen LogP contribution in [-0.4, -0.2) is 17.4 Å². The number of carbonyl (C=O) groups excluding carboxylic acids is 1. The minimum absolute atomic E-state index is 0.366. The first-order valence-corrected chi connectivity index (χ1v) is 6.75. The molecule has 22 heavy (non-hydrogen) atoms. The topological polar surface area (TPSA) is 82.6 Å². The quantitative estimate of drug-likeness (QED) is 0.481. The molecule has 1 aromatic carbocycles. The molecule has 0 N–H and O–H groups in total. The Morgan fingerprint density at radius 1 is 1.18 bits per heavy atom. The molecule has 2 aromatic rings. The zero-order chi connectivity index (χ0) is 15.6. The molecule has 1 aromatic heterocycles. The normalized spacial score (nSPS) is 21.5. The average molecular weight is 299 g/mol. The van der Waals surface area contributed by atoms with Gasteiger partial charge in [0.1, 0.15) is 0 Å². The molecule has 3 rings (SSSR count). The Bertz CT molecular complexity index is 707. The van der Waals surface area contributed by atoms with Crippen molar-refractivity contribution >= 4 is 5.97 Å². The van der Waals surface area contributed by atoms with E-state index in [1.54, 1.807) is 36.4 Å². The molecule has 0 spiro atoms. The molecule has 0 saturated heterocycles. The maximum absolute atomic E-state index is 11.7. The third-order valence-corrected chi connectivity index (χ3v) is 3.69. The Morgan fingerprint density at radius 3 is 2.50 bits per heavy atom. The van der Waals surface area contributed by atoms with E-state index in [1.807, 2.05) is 6.07 Å². The van der Waals surface area contributed by atoms with Crippen molar-refractivity contribution in [1.82, 2.24) is 0 Å². The minimum atomic E-state index is -1.30. The Labute approximate surface area is 126 Å². The van der Waals surface area contributed by atoms with Gasteiger partial charge in [-0.15, -0.1) is 0 Å². The van der Waals surface area contributed by atoms with E-state index in [2.05, 4.69) is 0 Å². The Kier molecular flexibility index (Phi) is 3.50. The van der Waals surface area contributed by atoms with Gasteiger partial charge in [-0.2, -0.15) is 0 Å². The maximum Gasteiger partial charge on any atom is 0.331 e. The monoisotopic (exact) mass is 299 g/mol. The lowest BCUT2D eigenvalue weighted by Crippen LogP contribution is -2.37. The van der Waals surface area contributed by atoms with Crippen LogP contribution in [0.15, 0.2) is 65.3 Å². The van der Waals surface area contributed by atoms with Crippen molar-refractivity contribution in [2.75, 3.05) is 6.54 Å². The van der Waals surface area contributed by atoms with Crippen molar-refractivity contribution in [3.63, 3.8) is 0 Å². The van der Waals surface area contributed by atoms with E-state index in [-0.39, 0.29) is 6.54 Å². The van der Waals surface area contributed by atoms with E-state index in [9.17, 15) is 14.9 Å². The first kappa shape index (κ1) is 14.1. The number of nitrogens with zero attached hydrogens (tertiary/aromatic N) is 1. The van der Waals surface area contributed by atoms with E-state index in [0.29, 0.717) is 11.3 Å². The fourth-order valence-electron chi connectivity index (χ4n) is 2.74. The first-order chi connectivity index (χ1) is 10.6. The molecule has 1 aliphatic rings. The number of hydrogen-bond donors (Lipinski definition) is 0. The zero-order valence-electron chi connectivity index (χ0n) is 11.5. The summed E-state index contributed by atoms with van der Waals surface area (Å²) < 4.78 is 10.9. The van der Waals surface area contributed by atoms with Crippen molar-refractivity contribution in [2.45, 2.75) is 11.5 Å². The van der Waals surface area contributed by atoms with Crippen LogP contribution in [0.5, 0.6) is 0 Å². The van der Waals surface area contributed by atoms with Gasteiger partial charge in [-0.1, -0.05) is 30.3 Å². The summed E-state index contributed by atoms with van der Waals surface area (Å²) in [5.74, 6) is -0.858. The number of cyclic esters (lactones) is 1. The highest BCUT2D eigenvalue weighted by molar-refractivity contribution is 5.85. The number of benzene rings is 1. The lowest BCUT2D eigenvalue weighted by Gasteiger charge is -2.31. The van der Waals surface area contributed by atoms with Gasteiger partial charge in [0.2, 0.25) is 12.1 Å². The van der Waals surface area contributed by atoms with E-state index >= 15 is 0 Å². The molecule has 2 heterocycles. The lowest BCUT2D eigenvalue weighted by atomic mass is 9.80. The molecule has 6 heteroatoms. The van der Waals surface area contributed by atoms with Gasteiger partial charge in [0.15, 0.2) is 5.76 Å². The van der Waals surface area contributed by atoms with Crippen LogP contribution < -0.4 is 0 Å². The van der Waals surface area contributed by atoms with Crippen molar-refractivity contribution in [3.8, 4) is 0 Å². The van der Waals surface area contributed by atoms with Crippen LogP contribution in [-0.2, 0) is 15.1 Å². The van der Waals surface area contributed by atoms with Crippen LogP contribution in [0.4, 0.5) is 0 Å². The standard InChI is InChI=1S/C16H13NO5/c18-15-8-9-16(22-15,14-7-4-10-21-14)13(11-17(19)20)12-5-2-1-3-6-12/h1-10,13H,11H2/t13-,16+/m1/s1. The molecular formula is C16H13NO5. The van der Waals surface area contributed by atoms with Gasteiger partial charge in [-0.3, -0.25) is 10.1 Å². The van der Waals surface area contributed by atoms with E-state index < -0.39 is 22.4 Å². The molecule has 0 aliphatic carbocycles. The smallest absolute Gasteiger partial charge is 0.331 e. The first-order valence-electron chi connectivity index (χ1n) is 6.75. The maximum atomic E-state index is 11.7. The molecule has 0 unspecified atom stereocenters. The predicted molar refractivity (Wildman–Crippen MR) is 76.7 cm³/mol. The number of furan rings is 1. The third kappa shape index (κ3) is 2.39. The van der Waals surface area contributed by atoms with Crippen LogP contribution >= 0.6 is 0 Å². The summed E-state index contributed by atoms with van der Waals surface area (Å²) in [4.78, 5) is 22.4. The van der Waals surface area contributed by atoms with Crippen molar-refractivity contribution in [3.05, 3.63) is 82.3 Å². The molecule has 0 radical (unpaired) electrons. The minimum Gasteiger partial charge on any atom is -0.465 e. The molecule has 0 saturated carbocycles. The molecular weight excluding hydrogens is 286 g/mol. The van der Waals surface area contributed by atoms with Gasteiger partial charge in [0, 0.05) is 11.0 Å². The van der Waals surface area contributed by atoms with Gasteiger partial charge in [-0.25, -0.2) is 4.79 Å². The number of carbonyl (C=O) groups is 1. The molecule has 0 fully saturated rings. The second-order valence-electron chi connectivity index (χ2n) is 5.00. The van der Waals surface area contributed by atoms with Gasteiger partial charge in [-0.05, 0) is 23.8 Å². The van der Waals surface area contributed by atoms with E-state index in [0.717, 1.165) is 0 Å². The largest absolute Gasteiger partial charge is 0.465 e. The van der Waals surface area contributed by atoms with Crippen molar-refractivity contribution < 1.29 is 18.9 Å². The van der Waals surface area contributed by atoms with Crippen LogP contribution in [0.25, 0.3) is 0 Å². The number of rotatable bonds is 5. The fraction of sp³-hybridized carbons (Fsp3) is 0.188. The predicted octanol–water partition coefficient (Wildman–Crippen LogP) is 2.65. The SMILES string of the molecule is O=C1C=C[C@@](c2ccco2)([C@H](C[N+](=O)[O-])c2ccccc2)O1. The second-order valence-corrected chi connectivity index (χ2v) is 5.00. The highest BCUT2D eigenvalue weighted by Crippen LogP contribution is 2.44. The van der Waals surface area contributed by atoms with Gasteiger partial charge >= 0.3 is 5.97 Å². The van der Waals surface area contributed by atoms with E-state index in [4.69, 9.17) is 9.15 Å². The summed E-state index contributed by atoms with van der Waals surface area (Å²) in [6.45, 7) is -0.387. The zero-order valence-corrected chi connectivity index (χ0v) is 11.5. The van der Waals surface area contributed by atoms with Gasteiger partial charge in [0.25, 0.3) is 0 Å². The highest BCUT2D eigenvalue weighted by atomic mass is 16.6. The summed E-state index contributed by atoms with van der Waals surface area (Å²) in [6, 6.07) is 12.3. The molecule has 0 bridgehead atoms. The number of hydrogen-bond acceptors (Lipinski definition) is 5. The number of nitro groups is 1. The van der Waals surface area contributed by atoms with Crippen LogP contribution in [0.3, 0.4) is 0 Å². The highest BCUT2D eigenvalue weighted by Gasteiger charge is 2.50. The summed E-state index contributed by atoms with van der Waals surface area (Å²) in [7, 11) is 0. The summed E-state index contributed by atoms with van der Waals surface area (Å²) in [5, 5.41) is 11.1. The summed E-state index contributed by atoms with van der Waals surface area (Å²) in [5.41, 5.74) is -0.593. The Hall–Kier alpha value is -2.89. The van der Waals surface area contributed by atoms with Crippen LogP contribution in [0.2, 0.25) is 0 Å². The van der Waals surface area contributed by atoms with Crippen LogP contribution in [0, 0.1) is 10.1 Å². The van der Waals surface area contributed by atoms with E-state index in [1.165, 1.54) is 18.4 Å². The third-order valence-electron chi connectivity index (χ3n) is 3.69. The number of esters is 1. The van der Waals surface area contributed by atoms with Crippen molar-refractivity contribution in [1.29, 1.82) is 0 Å². The summed E-state index contributed by atoms with van der Waals surface area (Å²) in [6.07, 6.45) is 4.26. The van der Waals surface area contributed by atoms with Crippen molar-refractivity contribution in [2.24, 2.45) is 0 Å². The fourth-order valence-corrected chi connectivity index (χ4v) is 2.74.